The topological polar surface area (TPSA) is 98.3 Å². The molecule has 2 heterocycles. The second-order valence-electron chi connectivity index (χ2n) is 8.09. The Morgan fingerprint density at radius 3 is 2.71 bits per heavy atom. The fourth-order valence-electron chi connectivity index (χ4n) is 3.71. The van der Waals surface area contributed by atoms with Crippen LogP contribution in [0.15, 0.2) is 65.1 Å². The average Bonchev–Trinajstić information content (AvgIpc) is 3.40. The number of hydrogen-bond donors (Lipinski definition) is 1. The third-order valence-corrected chi connectivity index (χ3v) is 7.21. The first-order valence-corrected chi connectivity index (χ1v) is 11.7. The molecule has 0 saturated carbocycles. The molecule has 5 aromatic rings. The van der Waals surface area contributed by atoms with E-state index in [1.807, 2.05) is 24.3 Å². The number of carbonyl (C=O) groups is 1. The Morgan fingerprint density at radius 2 is 1.94 bits per heavy atom. The molecule has 5 rings (SSSR count). The number of non-ortho nitro benzene ring substituents is 1. The summed E-state index contributed by atoms with van der Waals surface area (Å²) in [5, 5.41) is 14.8. The molecule has 170 valence electrons. The van der Waals surface area contributed by atoms with E-state index in [4.69, 9.17) is 16.0 Å². The first-order valence-electron chi connectivity index (χ1n) is 10.5. The summed E-state index contributed by atoms with van der Waals surface area (Å²) < 4.78 is 6.29. The molecule has 0 bridgehead atoms. The van der Waals surface area contributed by atoms with Crippen molar-refractivity contribution in [3.05, 3.63) is 86.2 Å². The molecule has 0 spiro atoms. The Labute approximate surface area is 203 Å². The highest BCUT2D eigenvalue weighted by atomic mass is 35.5. The van der Waals surface area contributed by atoms with Crippen LogP contribution < -0.4 is 5.32 Å². The van der Waals surface area contributed by atoms with Gasteiger partial charge in [0.2, 0.25) is 5.89 Å². The molecule has 0 saturated heterocycles. The van der Waals surface area contributed by atoms with E-state index >= 15 is 0 Å². The van der Waals surface area contributed by atoms with Gasteiger partial charge in [-0.25, -0.2) is 4.98 Å². The number of anilines is 1. The number of nitrogens with one attached hydrogen (secondary N) is 1. The van der Waals surface area contributed by atoms with Crippen molar-refractivity contribution >= 4 is 61.4 Å². The van der Waals surface area contributed by atoms with Gasteiger partial charge in [0.25, 0.3) is 11.6 Å². The number of carbonyl (C=O) groups excluding carboxylic acids is 1. The van der Waals surface area contributed by atoms with Gasteiger partial charge >= 0.3 is 0 Å². The van der Waals surface area contributed by atoms with Gasteiger partial charge in [-0.3, -0.25) is 14.9 Å². The van der Waals surface area contributed by atoms with Crippen LogP contribution in [0, 0.1) is 10.1 Å². The maximum atomic E-state index is 13.0. The largest absolute Gasteiger partial charge is 0.436 e. The lowest BCUT2D eigenvalue weighted by molar-refractivity contribution is -0.382. The second kappa shape index (κ2) is 8.55. The molecule has 9 heteroatoms. The van der Waals surface area contributed by atoms with Crippen LogP contribution in [0.4, 0.5) is 11.4 Å². The third-order valence-electron chi connectivity index (χ3n) is 5.48. The number of benzene rings is 3. The average molecular weight is 492 g/mol. The Morgan fingerprint density at radius 1 is 1.15 bits per heavy atom. The normalized spacial score (nSPS) is 11.4. The SMILES string of the molecule is CC(C)c1ccc2oc(-c3cccc(NC(=O)c4sc5c([N+](=O)[O-])cccc5c4Cl)c3)nc2c1. The second-order valence-corrected chi connectivity index (χ2v) is 9.49. The number of amides is 1. The molecule has 7 nitrogen and oxygen atoms in total. The van der Waals surface area contributed by atoms with Crippen LogP contribution in [0.5, 0.6) is 0 Å². The van der Waals surface area contributed by atoms with Gasteiger partial charge in [-0.2, -0.15) is 0 Å². The number of halogens is 1. The minimum absolute atomic E-state index is 0.0815. The van der Waals surface area contributed by atoms with Gasteiger partial charge in [0.15, 0.2) is 5.58 Å². The van der Waals surface area contributed by atoms with Crippen LogP contribution in [0.25, 0.3) is 32.6 Å². The van der Waals surface area contributed by atoms with Crippen LogP contribution in [0.3, 0.4) is 0 Å². The van der Waals surface area contributed by atoms with Crippen molar-refractivity contribution in [3.63, 3.8) is 0 Å². The van der Waals surface area contributed by atoms with Gasteiger partial charge in [0.1, 0.15) is 15.1 Å². The molecule has 0 aliphatic rings. The Kier molecular flexibility index (Phi) is 5.55. The number of rotatable bonds is 5. The molecule has 2 aromatic heterocycles. The van der Waals surface area contributed by atoms with E-state index in [-0.39, 0.29) is 15.6 Å². The summed E-state index contributed by atoms with van der Waals surface area (Å²) in [7, 11) is 0. The van der Waals surface area contributed by atoms with Crippen molar-refractivity contribution < 1.29 is 14.1 Å². The molecular weight excluding hydrogens is 474 g/mol. The van der Waals surface area contributed by atoms with Crippen molar-refractivity contribution in [2.24, 2.45) is 0 Å². The van der Waals surface area contributed by atoms with Crippen molar-refractivity contribution in [1.29, 1.82) is 0 Å². The van der Waals surface area contributed by atoms with E-state index < -0.39 is 10.8 Å². The molecule has 1 amide bonds. The Balaban J connectivity index is 1.45. The molecular formula is C25H18ClN3O4S. The standard InChI is InChI=1S/C25H18ClN3O4S/c1-13(2)14-9-10-20-18(12-14)28-25(33-20)15-5-3-6-16(11-15)27-24(30)23-21(26)17-7-4-8-19(29(31)32)22(17)34-23/h3-13H,1-2H3,(H,27,30). The van der Waals surface area contributed by atoms with Gasteiger partial charge in [-0.15, -0.1) is 11.3 Å². The summed E-state index contributed by atoms with van der Waals surface area (Å²) in [5.74, 6) is 0.379. The van der Waals surface area contributed by atoms with Crippen molar-refractivity contribution in [2.75, 3.05) is 5.32 Å². The molecule has 0 fully saturated rings. The van der Waals surface area contributed by atoms with Crippen molar-refractivity contribution in [1.82, 2.24) is 4.98 Å². The number of aromatic nitrogens is 1. The van der Waals surface area contributed by atoms with Crippen LogP contribution >= 0.6 is 22.9 Å². The van der Waals surface area contributed by atoms with E-state index in [1.54, 1.807) is 30.3 Å². The monoisotopic (exact) mass is 491 g/mol. The fourth-order valence-corrected chi connectivity index (χ4v) is 5.20. The van der Waals surface area contributed by atoms with Gasteiger partial charge in [0.05, 0.1) is 9.95 Å². The number of hydrogen-bond acceptors (Lipinski definition) is 6. The summed E-state index contributed by atoms with van der Waals surface area (Å²) in [5.41, 5.74) is 3.78. The van der Waals surface area contributed by atoms with E-state index in [9.17, 15) is 14.9 Å². The lowest BCUT2D eigenvalue weighted by atomic mass is 10.0. The molecule has 0 aliphatic heterocycles. The number of oxazole rings is 1. The van der Waals surface area contributed by atoms with E-state index in [2.05, 4.69) is 24.1 Å². The van der Waals surface area contributed by atoms with E-state index in [1.165, 1.54) is 11.6 Å². The van der Waals surface area contributed by atoms with Gasteiger partial charge in [0, 0.05) is 22.7 Å². The van der Waals surface area contributed by atoms with Crippen LogP contribution in [0.1, 0.15) is 35.0 Å². The minimum Gasteiger partial charge on any atom is -0.436 e. The summed E-state index contributed by atoms with van der Waals surface area (Å²) in [6.07, 6.45) is 0. The number of nitro benzene ring substituents is 1. The molecule has 0 radical (unpaired) electrons. The summed E-state index contributed by atoms with van der Waals surface area (Å²) in [4.78, 5) is 28.7. The van der Waals surface area contributed by atoms with Crippen molar-refractivity contribution in [2.45, 2.75) is 19.8 Å². The number of fused-ring (bicyclic) bond motifs is 2. The first-order chi connectivity index (χ1) is 16.3. The fraction of sp³-hybridized carbons (Fsp3) is 0.120. The molecule has 0 aliphatic carbocycles. The van der Waals surface area contributed by atoms with Gasteiger partial charge in [-0.1, -0.05) is 49.7 Å². The quantitative estimate of drug-likeness (QED) is 0.201. The number of nitro groups is 1. The zero-order chi connectivity index (χ0) is 24.0. The Hall–Kier alpha value is -3.75. The molecule has 1 N–H and O–H groups in total. The molecule has 3 aromatic carbocycles. The molecule has 0 unspecified atom stereocenters. The Bertz CT molecular complexity index is 1590. The highest BCUT2D eigenvalue weighted by molar-refractivity contribution is 7.22. The maximum Gasteiger partial charge on any atom is 0.287 e. The summed E-state index contributed by atoms with van der Waals surface area (Å²) >= 11 is 7.40. The van der Waals surface area contributed by atoms with Crippen molar-refractivity contribution in [3.8, 4) is 11.5 Å². The maximum absolute atomic E-state index is 13.0. The predicted octanol–water partition coefficient (Wildman–Crippen LogP) is 7.65. The predicted molar refractivity (Wildman–Crippen MR) is 135 cm³/mol. The molecule has 0 atom stereocenters. The summed E-state index contributed by atoms with van der Waals surface area (Å²) in [6, 6.07) is 17.7. The van der Waals surface area contributed by atoms with Crippen LogP contribution in [-0.2, 0) is 0 Å². The summed E-state index contributed by atoms with van der Waals surface area (Å²) in [6.45, 7) is 4.24. The van der Waals surface area contributed by atoms with Crippen LogP contribution in [-0.4, -0.2) is 15.8 Å². The third kappa shape index (κ3) is 3.91. The van der Waals surface area contributed by atoms with Gasteiger partial charge < -0.3 is 9.73 Å². The lowest BCUT2D eigenvalue weighted by Gasteiger charge is -2.05. The minimum atomic E-state index is -0.481. The zero-order valence-electron chi connectivity index (χ0n) is 18.2. The number of nitrogens with zero attached hydrogens (tertiary/aromatic N) is 2. The smallest absolute Gasteiger partial charge is 0.287 e. The first kappa shape index (κ1) is 22.1. The molecule has 34 heavy (non-hydrogen) atoms. The van der Waals surface area contributed by atoms with Crippen LogP contribution in [0.2, 0.25) is 5.02 Å². The van der Waals surface area contributed by atoms with Gasteiger partial charge in [-0.05, 0) is 41.8 Å². The number of thiophene rings is 1. The highest BCUT2D eigenvalue weighted by Gasteiger charge is 2.23. The van der Waals surface area contributed by atoms with E-state index in [0.29, 0.717) is 38.7 Å². The zero-order valence-corrected chi connectivity index (χ0v) is 19.7. The lowest BCUT2D eigenvalue weighted by Crippen LogP contribution is -2.10. The highest BCUT2D eigenvalue weighted by Crippen LogP contribution is 2.40. The van der Waals surface area contributed by atoms with E-state index in [0.717, 1.165) is 16.9 Å².